The van der Waals surface area contributed by atoms with Crippen LogP contribution in [0.15, 0.2) is 48.5 Å². The number of benzene rings is 2. The molecule has 4 nitrogen and oxygen atoms in total. The van der Waals surface area contributed by atoms with Crippen molar-refractivity contribution < 1.29 is 14.3 Å². The fourth-order valence-electron chi connectivity index (χ4n) is 2.59. The van der Waals surface area contributed by atoms with E-state index in [1.807, 2.05) is 56.3 Å². The summed E-state index contributed by atoms with van der Waals surface area (Å²) in [5, 5.41) is 2.93. The van der Waals surface area contributed by atoms with Crippen molar-refractivity contribution in [2.45, 2.75) is 39.7 Å². The number of ether oxygens (including phenoxy) is 2. The van der Waals surface area contributed by atoms with Crippen LogP contribution in [0.2, 0.25) is 0 Å². The number of carbonyl (C=O) groups is 1. The second-order valence-electron chi connectivity index (χ2n) is 6.01. The van der Waals surface area contributed by atoms with Gasteiger partial charge in [-0.2, -0.15) is 0 Å². The van der Waals surface area contributed by atoms with Gasteiger partial charge in [-0.25, -0.2) is 0 Å². The fraction of sp³-hybridized carbons (Fsp3) is 0.381. The molecular weight excluding hydrogens is 314 g/mol. The highest BCUT2D eigenvalue weighted by molar-refractivity contribution is 5.80. The van der Waals surface area contributed by atoms with Crippen LogP contribution in [-0.4, -0.2) is 25.2 Å². The van der Waals surface area contributed by atoms with Gasteiger partial charge < -0.3 is 14.8 Å². The Morgan fingerprint density at radius 3 is 2.72 bits per heavy atom. The lowest BCUT2D eigenvalue weighted by atomic mass is 10.1. The number of aryl methyl sites for hydroxylation is 2. The largest absolute Gasteiger partial charge is 0.494 e. The predicted octanol–water partition coefficient (Wildman–Crippen LogP) is 3.91. The van der Waals surface area contributed by atoms with Gasteiger partial charge in [-0.3, -0.25) is 4.79 Å². The lowest BCUT2D eigenvalue weighted by Gasteiger charge is -2.15. The predicted molar refractivity (Wildman–Crippen MR) is 100 cm³/mol. The van der Waals surface area contributed by atoms with E-state index in [9.17, 15) is 4.79 Å². The lowest BCUT2D eigenvalue weighted by Crippen LogP contribution is -2.36. The summed E-state index contributed by atoms with van der Waals surface area (Å²) in [6.07, 6.45) is 1.20. The van der Waals surface area contributed by atoms with Crippen LogP contribution in [-0.2, 0) is 11.2 Å². The van der Waals surface area contributed by atoms with Crippen LogP contribution in [0.4, 0.5) is 0 Å². The monoisotopic (exact) mass is 341 g/mol. The van der Waals surface area contributed by atoms with Gasteiger partial charge in [0.1, 0.15) is 11.5 Å². The van der Waals surface area contributed by atoms with Crippen LogP contribution in [0.3, 0.4) is 0 Å². The maximum Gasteiger partial charge on any atom is 0.260 e. The van der Waals surface area contributed by atoms with Gasteiger partial charge in [-0.05, 0) is 62.9 Å². The summed E-state index contributed by atoms with van der Waals surface area (Å²) in [4.78, 5) is 12.2. The van der Waals surface area contributed by atoms with Gasteiger partial charge in [0, 0.05) is 6.54 Å². The zero-order valence-electron chi connectivity index (χ0n) is 15.2. The number of hydrogen-bond acceptors (Lipinski definition) is 3. The molecule has 0 unspecified atom stereocenters. The van der Waals surface area contributed by atoms with Gasteiger partial charge in [0.25, 0.3) is 5.91 Å². The van der Waals surface area contributed by atoms with E-state index in [4.69, 9.17) is 9.47 Å². The molecule has 0 heterocycles. The number of hydrogen-bond donors (Lipinski definition) is 1. The molecule has 0 bridgehead atoms. The summed E-state index contributed by atoms with van der Waals surface area (Å²) in [6.45, 7) is 7.01. The minimum atomic E-state index is -0.516. The molecule has 0 radical (unpaired) electrons. The molecule has 0 saturated heterocycles. The summed E-state index contributed by atoms with van der Waals surface area (Å²) in [5.41, 5.74) is 2.28. The average Bonchev–Trinajstić information content (AvgIpc) is 2.60. The zero-order chi connectivity index (χ0) is 18.1. The molecule has 0 aliphatic rings. The van der Waals surface area contributed by atoms with Crippen molar-refractivity contribution in [2.75, 3.05) is 13.2 Å². The van der Waals surface area contributed by atoms with E-state index >= 15 is 0 Å². The molecule has 25 heavy (non-hydrogen) atoms. The minimum absolute atomic E-state index is 0.0976. The van der Waals surface area contributed by atoms with Crippen LogP contribution < -0.4 is 14.8 Å². The molecule has 0 aromatic heterocycles. The van der Waals surface area contributed by atoms with Gasteiger partial charge in [-0.15, -0.1) is 0 Å². The van der Waals surface area contributed by atoms with E-state index < -0.39 is 6.10 Å². The van der Waals surface area contributed by atoms with Crippen LogP contribution in [0.25, 0.3) is 0 Å². The second-order valence-corrected chi connectivity index (χ2v) is 6.01. The van der Waals surface area contributed by atoms with E-state index in [1.165, 1.54) is 5.56 Å². The van der Waals surface area contributed by atoms with Crippen molar-refractivity contribution in [3.63, 3.8) is 0 Å². The molecule has 134 valence electrons. The molecule has 2 aromatic carbocycles. The summed E-state index contributed by atoms with van der Waals surface area (Å²) >= 11 is 0. The zero-order valence-corrected chi connectivity index (χ0v) is 15.2. The Morgan fingerprint density at radius 2 is 1.96 bits per heavy atom. The van der Waals surface area contributed by atoms with Crippen LogP contribution >= 0.6 is 0 Å². The fourth-order valence-corrected chi connectivity index (χ4v) is 2.59. The van der Waals surface area contributed by atoms with E-state index in [0.29, 0.717) is 18.9 Å². The topological polar surface area (TPSA) is 47.6 Å². The Kier molecular flexibility index (Phi) is 7.33. The third-order valence-electron chi connectivity index (χ3n) is 3.87. The normalized spacial score (nSPS) is 11.6. The molecule has 2 aromatic rings. The molecule has 2 rings (SSSR count). The Balaban J connectivity index is 1.75. The average molecular weight is 341 g/mol. The number of carbonyl (C=O) groups excluding carboxylic acids is 1. The number of rotatable bonds is 9. The van der Waals surface area contributed by atoms with Crippen molar-refractivity contribution in [3.8, 4) is 11.5 Å². The maximum atomic E-state index is 12.2. The molecule has 0 aliphatic carbocycles. The molecular formula is C21H27NO3. The third kappa shape index (κ3) is 6.14. The summed E-state index contributed by atoms with van der Waals surface area (Å²) in [6, 6.07) is 15.7. The van der Waals surface area contributed by atoms with Crippen molar-refractivity contribution >= 4 is 5.91 Å². The Bertz CT molecular complexity index is 684. The molecule has 4 heteroatoms. The first-order valence-electron chi connectivity index (χ1n) is 8.82. The molecule has 0 saturated carbocycles. The first-order valence-corrected chi connectivity index (χ1v) is 8.82. The SMILES string of the molecule is CCOc1ccccc1CCCNC(=O)[C@H](C)Oc1cccc(C)c1. The standard InChI is InChI=1S/C21H27NO3/c1-4-24-20-13-6-5-10-18(20)11-8-14-22-21(23)17(3)25-19-12-7-9-16(2)15-19/h5-7,9-10,12-13,15,17H,4,8,11,14H2,1-3H3,(H,22,23)/t17-/m0/s1. The minimum Gasteiger partial charge on any atom is -0.494 e. The third-order valence-corrected chi connectivity index (χ3v) is 3.87. The Labute approximate surface area is 150 Å². The maximum absolute atomic E-state index is 12.2. The highest BCUT2D eigenvalue weighted by Gasteiger charge is 2.14. The highest BCUT2D eigenvalue weighted by atomic mass is 16.5. The lowest BCUT2D eigenvalue weighted by molar-refractivity contribution is -0.127. The molecule has 1 amide bonds. The number of para-hydroxylation sites is 1. The Morgan fingerprint density at radius 1 is 1.16 bits per heavy atom. The summed E-state index contributed by atoms with van der Waals surface area (Å²) in [7, 11) is 0. The van der Waals surface area contributed by atoms with Crippen molar-refractivity contribution in [3.05, 3.63) is 59.7 Å². The molecule has 0 spiro atoms. The first-order chi connectivity index (χ1) is 12.1. The molecule has 1 N–H and O–H groups in total. The van der Waals surface area contributed by atoms with Gasteiger partial charge in [0.05, 0.1) is 6.61 Å². The smallest absolute Gasteiger partial charge is 0.260 e. The van der Waals surface area contributed by atoms with Crippen molar-refractivity contribution in [1.29, 1.82) is 0 Å². The van der Waals surface area contributed by atoms with E-state index in [1.54, 1.807) is 6.92 Å². The van der Waals surface area contributed by atoms with Gasteiger partial charge in [0.2, 0.25) is 0 Å². The second kappa shape index (κ2) is 9.72. The summed E-state index contributed by atoms with van der Waals surface area (Å²) in [5.74, 6) is 1.54. The molecule has 1 atom stereocenters. The number of nitrogens with one attached hydrogen (secondary N) is 1. The molecule has 0 fully saturated rings. The first kappa shape index (κ1) is 18.8. The quantitative estimate of drug-likeness (QED) is 0.704. The van der Waals surface area contributed by atoms with Gasteiger partial charge in [-0.1, -0.05) is 30.3 Å². The highest BCUT2D eigenvalue weighted by Crippen LogP contribution is 2.19. The Hall–Kier alpha value is -2.49. The van der Waals surface area contributed by atoms with Crippen molar-refractivity contribution in [1.82, 2.24) is 5.32 Å². The van der Waals surface area contributed by atoms with Crippen molar-refractivity contribution in [2.24, 2.45) is 0 Å². The molecule has 0 aliphatic heterocycles. The van der Waals surface area contributed by atoms with E-state index in [0.717, 1.165) is 24.2 Å². The van der Waals surface area contributed by atoms with E-state index in [2.05, 4.69) is 11.4 Å². The van der Waals surface area contributed by atoms with Crippen LogP contribution in [0.1, 0.15) is 31.4 Å². The van der Waals surface area contributed by atoms with E-state index in [-0.39, 0.29) is 5.91 Å². The van der Waals surface area contributed by atoms with Gasteiger partial charge in [0.15, 0.2) is 6.10 Å². The van der Waals surface area contributed by atoms with Crippen LogP contribution in [0.5, 0.6) is 11.5 Å². The summed E-state index contributed by atoms with van der Waals surface area (Å²) < 4.78 is 11.3. The van der Waals surface area contributed by atoms with Gasteiger partial charge >= 0.3 is 0 Å². The number of amides is 1. The van der Waals surface area contributed by atoms with Crippen LogP contribution in [0, 0.1) is 6.92 Å².